The van der Waals surface area contributed by atoms with E-state index in [1.54, 1.807) is 6.92 Å². The van der Waals surface area contributed by atoms with Crippen molar-refractivity contribution in [1.82, 2.24) is 9.47 Å². The number of aryl methyl sites for hydroxylation is 1. The molecule has 148 valence electrons. The van der Waals surface area contributed by atoms with E-state index in [4.69, 9.17) is 0 Å². The molecule has 1 aliphatic heterocycles. The lowest BCUT2D eigenvalue weighted by molar-refractivity contribution is -0.152. The van der Waals surface area contributed by atoms with Gasteiger partial charge in [0.2, 0.25) is 0 Å². The van der Waals surface area contributed by atoms with Crippen LogP contribution in [0.15, 0.2) is 42.6 Å². The summed E-state index contributed by atoms with van der Waals surface area (Å²) in [6.07, 6.45) is 4.45. The molecule has 28 heavy (non-hydrogen) atoms. The third kappa shape index (κ3) is 3.28. The van der Waals surface area contributed by atoms with E-state index in [1.807, 2.05) is 29.9 Å². The SMILES string of the molecule is CC(=O)c1cc(CN2C[C@@H]3CC(c4ccccc4)CC[C@]3(C(=O)O)C2)n(C)c1. The highest BCUT2D eigenvalue weighted by molar-refractivity contribution is 5.94. The number of carbonyl (C=O) groups is 2. The molecule has 1 N–H and O–H groups in total. The average molecular weight is 380 g/mol. The zero-order chi connectivity index (χ0) is 19.9. The second kappa shape index (κ2) is 7.21. The summed E-state index contributed by atoms with van der Waals surface area (Å²) in [4.78, 5) is 26.2. The Bertz CT molecular complexity index is 889. The zero-order valence-electron chi connectivity index (χ0n) is 16.6. The van der Waals surface area contributed by atoms with E-state index in [0.29, 0.717) is 24.6 Å². The quantitative estimate of drug-likeness (QED) is 0.804. The fourth-order valence-electron chi connectivity index (χ4n) is 5.24. The second-order valence-electron chi connectivity index (χ2n) is 8.60. The zero-order valence-corrected chi connectivity index (χ0v) is 16.6. The summed E-state index contributed by atoms with van der Waals surface area (Å²) >= 11 is 0. The first-order valence-electron chi connectivity index (χ1n) is 10.1. The second-order valence-corrected chi connectivity index (χ2v) is 8.60. The highest BCUT2D eigenvalue weighted by Gasteiger charge is 2.54. The molecule has 2 fully saturated rings. The molecule has 1 aromatic carbocycles. The molecule has 5 nitrogen and oxygen atoms in total. The van der Waals surface area contributed by atoms with Crippen LogP contribution in [0.2, 0.25) is 0 Å². The van der Waals surface area contributed by atoms with Crippen LogP contribution >= 0.6 is 0 Å². The lowest BCUT2D eigenvalue weighted by Gasteiger charge is -2.38. The lowest BCUT2D eigenvalue weighted by atomic mass is 9.64. The van der Waals surface area contributed by atoms with Gasteiger partial charge in [-0.25, -0.2) is 0 Å². The number of fused-ring (bicyclic) bond motifs is 1. The number of aliphatic carboxylic acids is 1. The Labute approximate surface area is 166 Å². The summed E-state index contributed by atoms with van der Waals surface area (Å²) in [6.45, 7) is 3.66. The first kappa shape index (κ1) is 18.9. The summed E-state index contributed by atoms with van der Waals surface area (Å²) in [7, 11) is 1.95. The molecule has 2 aromatic rings. The normalized spacial score (nSPS) is 27.5. The maximum atomic E-state index is 12.3. The van der Waals surface area contributed by atoms with Crippen molar-refractivity contribution in [2.75, 3.05) is 13.1 Å². The summed E-state index contributed by atoms with van der Waals surface area (Å²) in [5.74, 6) is 0.0157. The number of carboxylic acid groups (broad SMARTS) is 1. The number of benzene rings is 1. The number of aromatic nitrogens is 1. The topological polar surface area (TPSA) is 62.5 Å². The van der Waals surface area contributed by atoms with Gasteiger partial charge in [0, 0.05) is 44.1 Å². The molecule has 1 aromatic heterocycles. The van der Waals surface area contributed by atoms with Crippen molar-refractivity contribution in [2.24, 2.45) is 18.4 Å². The van der Waals surface area contributed by atoms with Gasteiger partial charge < -0.3 is 9.67 Å². The minimum absolute atomic E-state index is 0.0599. The summed E-state index contributed by atoms with van der Waals surface area (Å²) in [5, 5.41) is 10.1. The van der Waals surface area contributed by atoms with Gasteiger partial charge >= 0.3 is 5.97 Å². The van der Waals surface area contributed by atoms with Crippen LogP contribution < -0.4 is 0 Å². The van der Waals surface area contributed by atoms with Crippen molar-refractivity contribution in [3.8, 4) is 0 Å². The molecule has 2 aliphatic rings. The van der Waals surface area contributed by atoms with E-state index in [9.17, 15) is 14.7 Å². The Morgan fingerprint density at radius 1 is 1.25 bits per heavy atom. The molecular formula is C23H28N2O3. The average Bonchev–Trinajstić information content (AvgIpc) is 3.23. The van der Waals surface area contributed by atoms with Crippen LogP contribution in [0.4, 0.5) is 0 Å². The number of likely N-dealkylation sites (tertiary alicyclic amines) is 1. The Hall–Kier alpha value is -2.40. The van der Waals surface area contributed by atoms with Gasteiger partial charge in [-0.1, -0.05) is 30.3 Å². The van der Waals surface area contributed by atoms with Gasteiger partial charge in [0.25, 0.3) is 0 Å². The van der Waals surface area contributed by atoms with Crippen molar-refractivity contribution in [2.45, 2.75) is 38.6 Å². The minimum Gasteiger partial charge on any atom is -0.481 e. The van der Waals surface area contributed by atoms with E-state index in [-0.39, 0.29) is 11.7 Å². The number of nitrogens with zero attached hydrogens (tertiary/aromatic N) is 2. The first-order valence-corrected chi connectivity index (χ1v) is 10.1. The molecule has 2 heterocycles. The third-order valence-electron chi connectivity index (χ3n) is 6.87. The molecule has 1 unspecified atom stereocenters. The monoisotopic (exact) mass is 380 g/mol. The number of Topliss-reactive ketones (excluding diaryl/α,β-unsaturated/α-hetero) is 1. The van der Waals surface area contributed by atoms with Crippen LogP contribution in [0.5, 0.6) is 0 Å². The van der Waals surface area contributed by atoms with Crippen molar-refractivity contribution in [1.29, 1.82) is 0 Å². The number of hydrogen-bond acceptors (Lipinski definition) is 3. The third-order valence-corrected chi connectivity index (χ3v) is 6.87. The summed E-state index contributed by atoms with van der Waals surface area (Å²) < 4.78 is 1.99. The Morgan fingerprint density at radius 3 is 2.64 bits per heavy atom. The van der Waals surface area contributed by atoms with Crippen LogP contribution in [0.25, 0.3) is 0 Å². The lowest BCUT2D eigenvalue weighted by Crippen LogP contribution is -2.42. The molecule has 0 amide bonds. The highest BCUT2D eigenvalue weighted by atomic mass is 16.4. The van der Waals surface area contributed by atoms with Gasteiger partial charge in [-0.3, -0.25) is 14.5 Å². The van der Waals surface area contributed by atoms with Crippen molar-refractivity contribution < 1.29 is 14.7 Å². The smallest absolute Gasteiger partial charge is 0.311 e. The number of ketones is 1. The molecule has 1 saturated carbocycles. The Balaban J connectivity index is 1.53. The predicted octanol–water partition coefficient (Wildman–Crippen LogP) is 3.70. The van der Waals surface area contributed by atoms with Gasteiger partial charge in [-0.05, 0) is 49.7 Å². The standard InChI is InChI=1S/C23H28N2O3/c1-16(26)19-11-21(24(2)12-19)14-25-13-20-10-18(17-6-4-3-5-7-17)8-9-23(20,15-25)22(27)28/h3-7,11-12,18,20H,8-10,13-15H2,1-2H3,(H,27,28)/t18?,20-,23-/m0/s1. The minimum atomic E-state index is -0.650. The molecular weight excluding hydrogens is 352 g/mol. The van der Waals surface area contributed by atoms with E-state index < -0.39 is 11.4 Å². The van der Waals surface area contributed by atoms with Crippen LogP contribution in [0.3, 0.4) is 0 Å². The maximum Gasteiger partial charge on any atom is 0.311 e. The molecule has 5 heteroatoms. The Morgan fingerprint density at radius 2 is 2.00 bits per heavy atom. The van der Waals surface area contributed by atoms with Crippen molar-refractivity contribution >= 4 is 11.8 Å². The van der Waals surface area contributed by atoms with E-state index in [1.165, 1.54) is 5.56 Å². The predicted molar refractivity (Wildman–Crippen MR) is 107 cm³/mol. The van der Waals surface area contributed by atoms with Crippen LogP contribution in [-0.4, -0.2) is 39.4 Å². The van der Waals surface area contributed by atoms with Crippen molar-refractivity contribution in [3.05, 3.63) is 59.4 Å². The number of hydrogen-bond donors (Lipinski definition) is 1. The van der Waals surface area contributed by atoms with Gasteiger partial charge in [-0.15, -0.1) is 0 Å². The molecule has 0 spiro atoms. The molecule has 1 saturated heterocycles. The molecule has 0 radical (unpaired) electrons. The van der Waals surface area contributed by atoms with E-state index in [0.717, 1.165) is 31.5 Å². The van der Waals surface area contributed by atoms with Crippen LogP contribution in [0, 0.1) is 11.3 Å². The molecule has 1 aliphatic carbocycles. The number of carboxylic acids is 1. The van der Waals surface area contributed by atoms with Crippen molar-refractivity contribution in [3.63, 3.8) is 0 Å². The highest BCUT2D eigenvalue weighted by Crippen LogP contribution is 2.51. The van der Waals surface area contributed by atoms with Gasteiger partial charge in [0.05, 0.1) is 5.41 Å². The number of carbonyl (C=O) groups excluding carboxylic acids is 1. The molecule has 0 bridgehead atoms. The van der Waals surface area contributed by atoms with Crippen LogP contribution in [0.1, 0.15) is 53.7 Å². The maximum absolute atomic E-state index is 12.3. The first-order chi connectivity index (χ1) is 13.4. The number of rotatable bonds is 5. The molecule has 4 rings (SSSR count). The summed E-state index contributed by atoms with van der Waals surface area (Å²) in [6, 6.07) is 12.4. The fourth-order valence-corrected chi connectivity index (χ4v) is 5.24. The van der Waals surface area contributed by atoms with Gasteiger partial charge in [0.15, 0.2) is 5.78 Å². The Kier molecular flexibility index (Phi) is 4.88. The fraction of sp³-hybridized carbons (Fsp3) is 0.478. The van der Waals surface area contributed by atoms with Gasteiger partial charge in [0.1, 0.15) is 0 Å². The van der Waals surface area contributed by atoms with E-state index in [2.05, 4.69) is 29.2 Å². The van der Waals surface area contributed by atoms with Gasteiger partial charge in [-0.2, -0.15) is 0 Å². The largest absolute Gasteiger partial charge is 0.481 e. The van der Waals surface area contributed by atoms with E-state index >= 15 is 0 Å². The summed E-state index contributed by atoms with van der Waals surface area (Å²) in [5.41, 5.74) is 2.46. The van der Waals surface area contributed by atoms with Crippen LogP contribution in [-0.2, 0) is 18.4 Å². The molecule has 3 atom stereocenters.